The van der Waals surface area contributed by atoms with Crippen molar-refractivity contribution in [2.24, 2.45) is 21.1 Å². The molecule has 4 heterocycles. The van der Waals surface area contributed by atoms with Crippen molar-refractivity contribution in [1.82, 2.24) is 33.2 Å². The molecule has 0 radical (unpaired) electrons. The number of aromatic nitrogens is 7. The Morgan fingerprint density at radius 3 is 2.30 bits per heavy atom. The first-order chi connectivity index (χ1) is 18.0. The normalized spacial score (nSPS) is 11.8. The molecule has 8 nitrogen and oxygen atoms in total. The van der Waals surface area contributed by atoms with Crippen LogP contribution >= 0.6 is 0 Å². The molecule has 0 amide bonds. The molecule has 3 aromatic carbocycles. The molecule has 0 fully saturated rings. The highest BCUT2D eigenvalue weighted by molar-refractivity contribution is 5.97. The van der Waals surface area contributed by atoms with Crippen molar-refractivity contribution in [1.29, 1.82) is 0 Å². The number of benzene rings is 3. The summed E-state index contributed by atoms with van der Waals surface area (Å²) in [5.41, 5.74) is 8.12. The largest absolute Gasteiger partial charge is 0.332 e. The Hall–Kier alpha value is -4.98. The highest BCUT2D eigenvalue weighted by Gasteiger charge is 2.20. The van der Waals surface area contributed by atoms with Crippen molar-refractivity contribution < 1.29 is 0 Å². The number of hydrogen-bond acceptors (Lipinski definition) is 4. The van der Waals surface area contributed by atoms with Crippen LogP contribution in [0.25, 0.3) is 61.4 Å². The molecule has 4 aromatic heterocycles. The van der Waals surface area contributed by atoms with E-state index in [9.17, 15) is 4.79 Å². The van der Waals surface area contributed by atoms with E-state index in [0.717, 1.165) is 61.4 Å². The summed E-state index contributed by atoms with van der Waals surface area (Å²) in [6, 6.07) is 24.4. The van der Waals surface area contributed by atoms with Crippen molar-refractivity contribution in [3.8, 4) is 28.5 Å². The van der Waals surface area contributed by atoms with Gasteiger partial charge in [0.25, 0.3) is 0 Å². The standard InChI is InChI=1S/C29H23N7O/c1-33-17-30-16-27(33)23-15-20(19-8-4-5-9-21(19)31-23)28-32-22-10-6-7-11-24(22)36(28)18-12-13-25-26(14-18)35(3)29(37)34(25)2/h4-17H,1-3H3. The molecule has 0 N–H and O–H groups in total. The van der Waals surface area contributed by atoms with E-state index in [2.05, 4.69) is 33.8 Å². The quantitative estimate of drug-likeness (QED) is 0.359. The second-order valence-electron chi connectivity index (χ2n) is 9.30. The predicted octanol–water partition coefficient (Wildman–Crippen LogP) is 4.83. The summed E-state index contributed by atoms with van der Waals surface area (Å²) in [5, 5.41) is 1.01. The van der Waals surface area contributed by atoms with E-state index < -0.39 is 0 Å². The maximum atomic E-state index is 12.6. The van der Waals surface area contributed by atoms with Crippen LogP contribution in [0.3, 0.4) is 0 Å². The summed E-state index contributed by atoms with van der Waals surface area (Å²) in [6.07, 6.45) is 3.61. The van der Waals surface area contributed by atoms with Crippen molar-refractivity contribution in [3.05, 3.63) is 95.8 Å². The van der Waals surface area contributed by atoms with Crippen molar-refractivity contribution >= 4 is 33.0 Å². The van der Waals surface area contributed by atoms with Crippen molar-refractivity contribution in [3.63, 3.8) is 0 Å². The van der Waals surface area contributed by atoms with Crippen LogP contribution in [0, 0.1) is 0 Å². The van der Waals surface area contributed by atoms with E-state index in [1.165, 1.54) is 0 Å². The van der Waals surface area contributed by atoms with Crippen molar-refractivity contribution in [2.45, 2.75) is 0 Å². The van der Waals surface area contributed by atoms with E-state index in [1.54, 1.807) is 29.6 Å². The molecule has 0 atom stereocenters. The average Bonchev–Trinajstić information content (AvgIpc) is 3.59. The van der Waals surface area contributed by atoms with Gasteiger partial charge < -0.3 is 4.57 Å². The van der Waals surface area contributed by atoms with E-state index in [0.29, 0.717) is 0 Å². The van der Waals surface area contributed by atoms with Gasteiger partial charge in [-0.25, -0.2) is 19.7 Å². The molecule has 0 aliphatic rings. The predicted molar refractivity (Wildman–Crippen MR) is 146 cm³/mol. The lowest BCUT2D eigenvalue weighted by molar-refractivity contribution is 0.795. The second kappa shape index (κ2) is 7.76. The molecule has 0 saturated heterocycles. The van der Waals surface area contributed by atoms with Crippen LogP contribution in [0.1, 0.15) is 0 Å². The van der Waals surface area contributed by atoms with Crippen LogP contribution in [0.5, 0.6) is 0 Å². The SMILES string of the molecule is Cn1cncc1-c1cc(-c2nc3ccccc3n2-c2ccc3c(c2)n(C)c(=O)n3C)c2ccccc2n1. The molecule has 0 unspecified atom stereocenters. The molecule has 0 bridgehead atoms. The fourth-order valence-corrected chi connectivity index (χ4v) is 5.20. The minimum atomic E-state index is -0.0520. The molecular formula is C29H23N7O. The molecule has 7 rings (SSSR count). The molecule has 0 aliphatic heterocycles. The van der Waals surface area contributed by atoms with Gasteiger partial charge in [0.15, 0.2) is 0 Å². The van der Waals surface area contributed by atoms with Crippen LogP contribution in [-0.4, -0.2) is 33.2 Å². The Morgan fingerprint density at radius 2 is 1.49 bits per heavy atom. The van der Waals surface area contributed by atoms with Gasteiger partial charge in [0.05, 0.1) is 51.5 Å². The maximum Gasteiger partial charge on any atom is 0.328 e. The summed E-state index contributed by atoms with van der Waals surface area (Å²) in [6.45, 7) is 0. The topological polar surface area (TPSA) is 75.5 Å². The number of pyridine rings is 1. The number of rotatable bonds is 3. The molecule has 8 heteroatoms. The number of fused-ring (bicyclic) bond motifs is 3. The lowest BCUT2D eigenvalue weighted by Crippen LogP contribution is -2.19. The van der Waals surface area contributed by atoms with Gasteiger partial charge in [0, 0.05) is 37.8 Å². The summed E-state index contributed by atoms with van der Waals surface area (Å²) in [5.74, 6) is 0.809. The van der Waals surface area contributed by atoms with Crippen LogP contribution in [0.4, 0.5) is 0 Å². The van der Waals surface area contributed by atoms with Crippen molar-refractivity contribution in [2.75, 3.05) is 0 Å². The fraction of sp³-hybridized carbons (Fsp3) is 0.103. The smallest absolute Gasteiger partial charge is 0.328 e. The van der Waals surface area contributed by atoms with Gasteiger partial charge in [0.1, 0.15) is 5.82 Å². The Kier molecular flexibility index (Phi) is 4.47. The van der Waals surface area contributed by atoms with E-state index in [4.69, 9.17) is 9.97 Å². The highest BCUT2D eigenvalue weighted by atomic mass is 16.1. The molecule has 7 aromatic rings. The summed E-state index contributed by atoms with van der Waals surface area (Å²) in [4.78, 5) is 27.0. The summed E-state index contributed by atoms with van der Waals surface area (Å²) < 4.78 is 7.48. The van der Waals surface area contributed by atoms with Gasteiger partial charge in [-0.3, -0.25) is 13.7 Å². The second-order valence-corrected chi connectivity index (χ2v) is 9.30. The zero-order valence-corrected chi connectivity index (χ0v) is 20.6. The number of aryl methyl sites for hydroxylation is 3. The highest BCUT2D eigenvalue weighted by Crippen LogP contribution is 2.35. The number of imidazole rings is 3. The number of hydrogen-bond donors (Lipinski definition) is 0. The zero-order chi connectivity index (χ0) is 25.3. The van der Waals surface area contributed by atoms with Gasteiger partial charge >= 0.3 is 5.69 Å². The van der Waals surface area contributed by atoms with E-state index in [-0.39, 0.29) is 5.69 Å². The van der Waals surface area contributed by atoms with E-state index in [1.807, 2.05) is 66.3 Å². The number of nitrogens with zero attached hydrogens (tertiary/aromatic N) is 7. The Morgan fingerprint density at radius 1 is 0.730 bits per heavy atom. The summed E-state index contributed by atoms with van der Waals surface area (Å²) >= 11 is 0. The van der Waals surface area contributed by atoms with Gasteiger partial charge in [0.2, 0.25) is 0 Å². The lowest BCUT2D eigenvalue weighted by Gasteiger charge is -2.13. The first-order valence-corrected chi connectivity index (χ1v) is 12.0. The lowest BCUT2D eigenvalue weighted by atomic mass is 10.1. The third kappa shape index (κ3) is 3.09. The minimum absolute atomic E-state index is 0.0520. The molecule has 37 heavy (non-hydrogen) atoms. The number of para-hydroxylation sites is 3. The third-order valence-electron chi connectivity index (χ3n) is 7.11. The van der Waals surface area contributed by atoms with Gasteiger partial charge in [-0.2, -0.15) is 0 Å². The fourth-order valence-electron chi connectivity index (χ4n) is 5.20. The molecule has 0 saturated carbocycles. The van der Waals surface area contributed by atoms with Gasteiger partial charge in [-0.1, -0.05) is 30.3 Å². The van der Waals surface area contributed by atoms with Crippen LogP contribution in [0.15, 0.2) is 90.1 Å². The van der Waals surface area contributed by atoms with E-state index >= 15 is 0 Å². The van der Waals surface area contributed by atoms with Crippen LogP contribution in [0.2, 0.25) is 0 Å². The Balaban J connectivity index is 1.58. The molecule has 0 spiro atoms. The Labute approximate surface area is 211 Å². The van der Waals surface area contributed by atoms with Crippen LogP contribution < -0.4 is 5.69 Å². The average molecular weight is 486 g/mol. The first-order valence-electron chi connectivity index (χ1n) is 12.0. The minimum Gasteiger partial charge on any atom is -0.332 e. The Bertz CT molecular complexity index is 2050. The molecular weight excluding hydrogens is 462 g/mol. The summed E-state index contributed by atoms with van der Waals surface area (Å²) in [7, 11) is 5.57. The molecule has 180 valence electrons. The monoisotopic (exact) mass is 485 g/mol. The zero-order valence-electron chi connectivity index (χ0n) is 20.6. The van der Waals surface area contributed by atoms with Gasteiger partial charge in [-0.05, 0) is 42.5 Å². The third-order valence-corrected chi connectivity index (χ3v) is 7.11. The van der Waals surface area contributed by atoms with Gasteiger partial charge in [-0.15, -0.1) is 0 Å². The maximum absolute atomic E-state index is 12.6. The van der Waals surface area contributed by atoms with Crippen LogP contribution in [-0.2, 0) is 21.1 Å². The molecule has 0 aliphatic carbocycles. The first kappa shape index (κ1) is 21.3.